The highest BCUT2D eigenvalue weighted by molar-refractivity contribution is 6.30. The number of hydrogen-bond donors (Lipinski definition) is 1. The number of hydrogen-bond acceptors (Lipinski definition) is 3. The molecule has 0 unspecified atom stereocenters. The summed E-state index contributed by atoms with van der Waals surface area (Å²) in [5.74, 6) is 0.0693. The number of aryl methyl sites for hydroxylation is 2. The first-order valence-electron chi connectivity index (χ1n) is 9.47. The van der Waals surface area contributed by atoms with Crippen molar-refractivity contribution in [3.8, 4) is 0 Å². The quantitative estimate of drug-likeness (QED) is 0.851. The van der Waals surface area contributed by atoms with Crippen LogP contribution in [-0.4, -0.2) is 34.9 Å². The summed E-state index contributed by atoms with van der Waals surface area (Å²) in [6.07, 6.45) is 2.13. The molecule has 5 nitrogen and oxygen atoms in total. The molecule has 0 bridgehead atoms. The van der Waals surface area contributed by atoms with Gasteiger partial charge in [-0.3, -0.25) is 9.48 Å². The third kappa shape index (κ3) is 4.04. The largest absolute Gasteiger partial charge is 0.381 e. The lowest BCUT2D eigenvalue weighted by Gasteiger charge is -2.37. The molecule has 1 fully saturated rings. The van der Waals surface area contributed by atoms with Crippen LogP contribution in [0, 0.1) is 13.8 Å². The van der Waals surface area contributed by atoms with Gasteiger partial charge < -0.3 is 10.1 Å². The second kappa shape index (κ2) is 8.03. The molecule has 2 aromatic rings. The van der Waals surface area contributed by atoms with E-state index in [1.807, 2.05) is 42.9 Å². The van der Waals surface area contributed by atoms with Crippen molar-refractivity contribution in [2.45, 2.75) is 51.5 Å². The predicted octanol–water partition coefficient (Wildman–Crippen LogP) is 3.49. The molecular formula is C21H28ClN3O2. The first-order valence-corrected chi connectivity index (χ1v) is 9.85. The molecule has 1 saturated heterocycles. The van der Waals surface area contributed by atoms with Crippen LogP contribution in [0.4, 0.5) is 0 Å². The second-order valence-electron chi connectivity index (χ2n) is 7.55. The zero-order chi connectivity index (χ0) is 19.6. The average Bonchev–Trinajstić information content (AvgIpc) is 2.89. The molecule has 0 aliphatic carbocycles. The third-order valence-corrected chi connectivity index (χ3v) is 5.98. The van der Waals surface area contributed by atoms with Crippen LogP contribution in [0.3, 0.4) is 0 Å². The van der Waals surface area contributed by atoms with Crippen molar-refractivity contribution in [3.63, 3.8) is 0 Å². The van der Waals surface area contributed by atoms with E-state index in [1.54, 1.807) is 0 Å². The van der Waals surface area contributed by atoms with E-state index in [2.05, 4.69) is 24.3 Å². The monoisotopic (exact) mass is 389 g/mol. The van der Waals surface area contributed by atoms with Crippen molar-refractivity contribution < 1.29 is 9.53 Å². The van der Waals surface area contributed by atoms with Crippen LogP contribution in [0.5, 0.6) is 0 Å². The summed E-state index contributed by atoms with van der Waals surface area (Å²) in [5, 5.41) is 8.41. The average molecular weight is 390 g/mol. The second-order valence-corrected chi connectivity index (χ2v) is 7.99. The number of amides is 1. The van der Waals surface area contributed by atoms with Gasteiger partial charge in [0, 0.05) is 37.0 Å². The van der Waals surface area contributed by atoms with E-state index in [9.17, 15) is 4.79 Å². The highest BCUT2D eigenvalue weighted by Crippen LogP contribution is 2.36. The molecule has 1 aromatic heterocycles. The summed E-state index contributed by atoms with van der Waals surface area (Å²) in [6.45, 7) is 7.32. The molecule has 1 amide bonds. The molecule has 1 N–H and O–H groups in total. The Hall–Kier alpha value is -1.85. The van der Waals surface area contributed by atoms with Gasteiger partial charge in [-0.25, -0.2) is 0 Å². The molecule has 2 heterocycles. The number of aromatic nitrogens is 2. The number of halogens is 1. The number of ether oxygens (including phenoxy) is 1. The summed E-state index contributed by atoms with van der Waals surface area (Å²) in [5.41, 5.74) is 3.82. The fourth-order valence-electron chi connectivity index (χ4n) is 3.97. The number of carbonyl (C=O) groups excluding carboxylic acids is 1. The van der Waals surface area contributed by atoms with E-state index in [0.29, 0.717) is 31.1 Å². The fraction of sp³-hybridized carbons (Fsp3) is 0.524. The Morgan fingerprint density at radius 2 is 1.93 bits per heavy atom. The van der Waals surface area contributed by atoms with Crippen molar-refractivity contribution in [2.24, 2.45) is 7.05 Å². The van der Waals surface area contributed by atoms with Gasteiger partial charge in [0.15, 0.2) is 0 Å². The minimum Gasteiger partial charge on any atom is -0.381 e. The van der Waals surface area contributed by atoms with Gasteiger partial charge in [0.05, 0.1) is 11.1 Å². The molecule has 3 rings (SSSR count). The molecular weight excluding hydrogens is 362 g/mol. The van der Waals surface area contributed by atoms with Crippen LogP contribution >= 0.6 is 11.6 Å². The highest BCUT2D eigenvalue weighted by atomic mass is 35.5. The van der Waals surface area contributed by atoms with E-state index in [4.69, 9.17) is 16.3 Å². The Kier molecular flexibility index (Phi) is 5.92. The van der Waals surface area contributed by atoms with Crippen LogP contribution in [-0.2, 0) is 28.4 Å². The maximum Gasteiger partial charge on any atom is 0.231 e. The van der Waals surface area contributed by atoms with Crippen LogP contribution in [0.1, 0.15) is 42.3 Å². The maximum atomic E-state index is 13.4. The van der Waals surface area contributed by atoms with Crippen LogP contribution < -0.4 is 5.32 Å². The molecule has 1 aliphatic heterocycles. The third-order valence-electron chi connectivity index (χ3n) is 5.72. The van der Waals surface area contributed by atoms with Crippen molar-refractivity contribution >= 4 is 17.5 Å². The summed E-state index contributed by atoms with van der Waals surface area (Å²) >= 11 is 6.05. The fourth-order valence-corrected chi connectivity index (χ4v) is 4.09. The number of nitrogens with one attached hydrogen (secondary N) is 1. The summed E-state index contributed by atoms with van der Waals surface area (Å²) in [6, 6.07) is 7.66. The Morgan fingerprint density at radius 1 is 1.30 bits per heavy atom. The number of rotatable bonds is 5. The van der Waals surface area contributed by atoms with Crippen LogP contribution in [0.25, 0.3) is 0 Å². The standard InChI is InChI=1S/C21H28ClN3O2/c1-14(13-19-15(2)24-25(4)16(19)3)23-20(26)21(9-11-27-12-10-21)17-5-7-18(22)8-6-17/h5-8,14H,9-13H2,1-4H3,(H,23,26)/t14-/m1/s1. The predicted molar refractivity (Wildman–Crippen MR) is 107 cm³/mol. The van der Waals surface area contributed by atoms with Crippen molar-refractivity contribution in [1.82, 2.24) is 15.1 Å². The normalized spacial score (nSPS) is 17.5. The van der Waals surface area contributed by atoms with E-state index >= 15 is 0 Å². The topological polar surface area (TPSA) is 56.2 Å². The Balaban J connectivity index is 1.79. The lowest BCUT2D eigenvalue weighted by Crippen LogP contribution is -2.50. The molecule has 1 aromatic carbocycles. The van der Waals surface area contributed by atoms with Gasteiger partial charge in [0.2, 0.25) is 5.91 Å². The van der Waals surface area contributed by atoms with Gasteiger partial charge >= 0.3 is 0 Å². The van der Waals surface area contributed by atoms with Gasteiger partial charge in [-0.05, 0) is 63.3 Å². The lowest BCUT2D eigenvalue weighted by atomic mass is 9.73. The van der Waals surface area contributed by atoms with E-state index in [-0.39, 0.29) is 11.9 Å². The van der Waals surface area contributed by atoms with Gasteiger partial charge in [-0.15, -0.1) is 0 Å². The molecule has 1 aliphatic rings. The van der Waals surface area contributed by atoms with Crippen molar-refractivity contribution in [3.05, 3.63) is 51.8 Å². The highest BCUT2D eigenvalue weighted by Gasteiger charge is 2.42. The van der Waals surface area contributed by atoms with Gasteiger partial charge in [0.25, 0.3) is 0 Å². The molecule has 0 spiro atoms. The van der Waals surface area contributed by atoms with E-state index < -0.39 is 5.41 Å². The molecule has 1 atom stereocenters. The Bertz CT molecular complexity index is 808. The molecule has 0 saturated carbocycles. The van der Waals surface area contributed by atoms with Crippen molar-refractivity contribution in [2.75, 3.05) is 13.2 Å². The van der Waals surface area contributed by atoms with Gasteiger partial charge in [-0.1, -0.05) is 23.7 Å². The van der Waals surface area contributed by atoms with Crippen LogP contribution in [0.2, 0.25) is 5.02 Å². The van der Waals surface area contributed by atoms with Crippen LogP contribution in [0.15, 0.2) is 24.3 Å². The van der Waals surface area contributed by atoms with Gasteiger partial charge in [-0.2, -0.15) is 5.10 Å². The molecule has 0 radical (unpaired) electrons. The number of carbonyl (C=O) groups is 1. The Morgan fingerprint density at radius 3 is 2.48 bits per heavy atom. The molecule has 27 heavy (non-hydrogen) atoms. The zero-order valence-corrected chi connectivity index (χ0v) is 17.3. The number of nitrogens with zero attached hydrogens (tertiary/aromatic N) is 2. The van der Waals surface area contributed by atoms with E-state index in [0.717, 1.165) is 23.4 Å². The minimum absolute atomic E-state index is 0.0196. The van der Waals surface area contributed by atoms with Crippen molar-refractivity contribution in [1.29, 1.82) is 0 Å². The summed E-state index contributed by atoms with van der Waals surface area (Å²) in [4.78, 5) is 13.4. The Labute approximate surface area is 166 Å². The lowest BCUT2D eigenvalue weighted by molar-refractivity contribution is -0.131. The first kappa shape index (κ1) is 19.9. The minimum atomic E-state index is -0.559. The van der Waals surface area contributed by atoms with Gasteiger partial charge in [0.1, 0.15) is 0 Å². The summed E-state index contributed by atoms with van der Waals surface area (Å²) < 4.78 is 7.43. The van der Waals surface area contributed by atoms with E-state index in [1.165, 1.54) is 5.56 Å². The maximum absolute atomic E-state index is 13.4. The molecule has 146 valence electrons. The smallest absolute Gasteiger partial charge is 0.231 e. The zero-order valence-electron chi connectivity index (χ0n) is 16.5. The first-order chi connectivity index (χ1) is 12.8. The number of benzene rings is 1. The SMILES string of the molecule is Cc1nn(C)c(C)c1C[C@@H](C)NC(=O)C1(c2ccc(Cl)cc2)CCOCC1. The summed E-state index contributed by atoms with van der Waals surface area (Å²) in [7, 11) is 1.95. The molecule has 6 heteroatoms.